The van der Waals surface area contributed by atoms with Crippen LogP contribution in [0.25, 0.3) is 0 Å². The third-order valence-corrected chi connectivity index (χ3v) is 5.64. The number of hydrogen-bond acceptors (Lipinski definition) is 9. The number of esters is 1. The Morgan fingerprint density at radius 3 is 2.21 bits per heavy atom. The lowest BCUT2D eigenvalue weighted by Crippen LogP contribution is -2.49. The summed E-state index contributed by atoms with van der Waals surface area (Å²) in [5.74, 6) is -0.325. The molecule has 1 aliphatic rings. The second-order valence-electron chi connectivity index (χ2n) is 9.33. The lowest BCUT2D eigenvalue weighted by atomic mass is 10.1. The molecule has 214 valence electrons. The number of aryl methyl sites for hydroxylation is 1. The zero-order valence-corrected chi connectivity index (χ0v) is 22.4. The minimum atomic E-state index is -4.62. The van der Waals surface area contributed by atoms with Crippen LogP contribution in [0.1, 0.15) is 45.7 Å². The van der Waals surface area contributed by atoms with Gasteiger partial charge in [-0.15, -0.1) is 0 Å². The van der Waals surface area contributed by atoms with E-state index in [1.165, 1.54) is 25.7 Å². The monoisotopic (exact) mass is 548 g/mol. The molecule has 0 aromatic heterocycles. The molecule has 1 aliphatic heterocycles. The zero-order chi connectivity index (χ0) is 28.7. The number of carbonyl (C=O) groups excluding carboxylic acids is 3. The number of alkyl halides is 3. The van der Waals surface area contributed by atoms with Crippen LogP contribution >= 0.6 is 0 Å². The molecule has 1 heterocycles. The van der Waals surface area contributed by atoms with E-state index in [1.54, 1.807) is 13.0 Å². The van der Waals surface area contributed by atoms with Crippen molar-refractivity contribution in [3.8, 4) is 5.75 Å². The van der Waals surface area contributed by atoms with E-state index in [1.807, 2.05) is 24.0 Å². The van der Waals surface area contributed by atoms with Crippen LogP contribution in [0.3, 0.4) is 0 Å². The maximum atomic E-state index is 12.7. The topological polar surface area (TPSA) is 104 Å². The van der Waals surface area contributed by atoms with Crippen molar-refractivity contribution in [3.63, 3.8) is 0 Å². The molecular weight excluding hydrogens is 513 g/mol. The van der Waals surface area contributed by atoms with Crippen molar-refractivity contribution < 1.29 is 51.2 Å². The van der Waals surface area contributed by atoms with Crippen LogP contribution in [-0.4, -0.2) is 85.0 Å². The lowest BCUT2D eigenvalue weighted by Gasteiger charge is -2.35. The Hall–Kier alpha value is -3.22. The van der Waals surface area contributed by atoms with Gasteiger partial charge in [0.25, 0.3) is 0 Å². The molecule has 2 rings (SSSR count). The Kier molecular flexibility index (Phi) is 10.6. The summed E-state index contributed by atoms with van der Waals surface area (Å²) in [6.45, 7) is 10.4. The standard InChI is InChI=1S/C25H35F3N2O8/c1-7-34-23(33)37-18(4)36-21(31)24(5,6)38-20-14-16(2)8-9-19(20)15-29-10-12-30(13-11-29)22(32)35-17(3)25(26,27)28/h8-9,14,17-18H,7,10-13,15H2,1-6H3. The zero-order valence-electron chi connectivity index (χ0n) is 22.4. The van der Waals surface area contributed by atoms with Gasteiger partial charge in [-0.1, -0.05) is 12.1 Å². The lowest BCUT2D eigenvalue weighted by molar-refractivity contribution is -0.200. The van der Waals surface area contributed by atoms with E-state index in [2.05, 4.69) is 9.47 Å². The SMILES string of the molecule is CCOC(=O)OC(C)OC(=O)C(C)(C)Oc1cc(C)ccc1CN1CCN(C(=O)OC(C)C(F)(F)F)CC1. The summed E-state index contributed by atoms with van der Waals surface area (Å²) in [7, 11) is 0. The summed E-state index contributed by atoms with van der Waals surface area (Å²) in [6.07, 6.45) is -9.96. The number of halogens is 3. The van der Waals surface area contributed by atoms with Crippen LogP contribution < -0.4 is 4.74 Å². The van der Waals surface area contributed by atoms with Crippen LogP contribution in [0.15, 0.2) is 18.2 Å². The quantitative estimate of drug-likeness (QED) is 0.252. The number of nitrogens with zero attached hydrogens (tertiary/aromatic N) is 2. The summed E-state index contributed by atoms with van der Waals surface area (Å²) >= 11 is 0. The van der Waals surface area contributed by atoms with E-state index in [4.69, 9.17) is 14.2 Å². The molecule has 1 saturated heterocycles. The van der Waals surface area contributed by atoms with Gasteiger partial charge in [0, 0.05) is 45.2 Å². The normalized spacial score (nSPS) is 16.3. The predicted molar refractivity (Wildman–Crippen MR) is 128 cm³/mol. The molecule has 0 saturated carbocycles. The molecule has 2 atom stereocenters. The maximum Gasteiger partial charge on any atom is 0.511 e. The molecule has 0 aliphatic carbocycles. The number of amides is 1. The summed E-state index contributed by atoms with van der Waals surface area (Å²) in [6, 6.07) is 5.51. The molecule has 1 amide bonds. The van der Waals surface area contributed by atoms with Crippen molar-refractivity contribution in [1.29, 1.82) is 0 Å². The first kappa shape index (κ1) is 31.0. The van der Waals surface area contributed by atoms with E-state index < -0.39 is 42.4 Å². The van der Waals surface area contributed by atoms with Gasteiger partial charge in [0.1, 0.15) is 5.75 Å². The van der Waals surface area contributed by atoms with E-state index in [9.17, 15) is 27.6 Å². The number of ether oxygens (including phenoxy) is 5. The van der Waals surface area contributed by atoms with Crippen LogP contribution in [0.4, 0.5) is 22.8 Å². The smallest absolute Gasteiger partial charge is 0.476 e. The fraction of sp³-hybridized carbons (Fsp3) is 0.640. The van der Waals surface area contributed by atoms with Gasteiger partial charge in [-0.25, -0.2) is 14.4 Å². The van der Waals surface area contributed by atoms with Gasteiger partial charge in [0.2, 0.25) is 6.29 Å². The number of hydrogen-bond donors (Lipinski definition) is 0. The molecule has 10 nitrogen and oxygen atoms in total. The van der Waals surface area contributed by atoms with E-state index >= 15 is 0 Å². The minimum Gasteiger partial charge on any atom is -0.476 e. The number of carbonyl (C=O) groups is 3. The Balaban J connectivity index is 1.99. The van der Waals surface area contributed by atoms with Crippen molar-refractivity contribution in [3.05, 3.63) is 29.3 Å². The average molecular weight is 549 g/mol. The van der Waals surface area contributed by atoms with Crippen molar-refractivity contribution in [1.82, 2.24) is 9.80 Å². The highest BCUT2D eigenvalue weighted by molar-refractivity contribution is 5.79. The molecule has 0 spiro atoms. The first-order valence-corrected chi connectivity index (χ1v) is 12.2. The average Bonchev–Trinajstić information content (AvgIpc) is 2.80. The van der Waals surface area contributed by atoms with Gasteiger partial charge in [0.05, 0.1) is 6.61 Å². The first-order chi connectivity index (χ1) is 17.6. The van der Waals surface area contributed by atoms with Crippen LogP contribution in [0.5, 0.6) is 5.75 Å². The van der Waals surface area contributed by atoms with Gasteiger partial charge in [0.15, 0.2) is 11.7 Å². The van der Waals surface area contributed by atoms with Gasteiger partial charge < -0.3 is 28.6 Å². The molecule has 1 fully saturated rings. The Morgan fingerprint density at radius 2 is 1.63 bits per heavy atom. The molecule has 38 heavy (non-hydrogen) atoms. The molecule has 0 radical (unpaired) electrons. The van der Waals surface area contributed by atoms with Gasteiger partial charge in [-0.3, -0.25) is 4.90 Å². The summed E-state index contributed by atoms with van der Waals surface area (Å²) in [5.41, 5.74) is 0.208. The molecule has 13 heteroatoms. The van der Waals surface area contributed by atoms with Crippen LogP contribution in [0, 0.1) is 6.92 Å². The fourth-order valence-electron chi connectivity index (χ4n) is 3.43. The van der Waals surface area contributed by atoms with Crippen LogP contribution in [0.2, 0.25) is 0 Å². The number of rotatable bonds is 9. The highest BCUT2D eigenvalue weighted by atomic mass is 19.4. The van der Waals surface area contributed by atoms with Gasteiger partial charge >= 0.3 is 24.4 Å². The third-order valence-electron chi connectivity index (χ3n) is 5.64. The first-order valence-electron chi connectivity index (χ1n) is 12.2. The van der Waals surface area contributed by atoms with E-state index in [0.717, 1.165) is 18.1 Å². The third kappa shape index (κ3) is 9.26. The van der Waals surface area contributed by atoms with Gasteiger partial charge in [-0.2, -0.15) is 13.2 Å². The summed E-state index contributed by atoms with van der Waals surface area (Å²) in [5, 5.41) is 0. The maximum absolute atomic E-state index is 12.7. The van der Waals surface area contributed by atoms with E-state index in [-0.39, 0.29) is 19.7 Å². The summed E-state index contributed by atoms with van der Waals surface area (Å²) in [4.78, 5) is 39.5. The second-order valence-corrected chi connectivity index (χ2v) is 9.33. The molecule has 2 unspecified atom stereocenters. The Morgan fingerprint density at radius 1 is 1.00 bits per heavy atom. The van der Waals surface area contributed by atoms with Gasteiger partial charge in [-0.05, 0) is 46.2 Å². The highest BCUT2D eigenvalue weighted by Crippen LogP contribution is 2.28. The highest BCUT2D eigenvalue weighted by Gasteiger charge is 2.40. The Labute approximate surface area is 219 Å². The number of piperazine rings is 1. The van der Waals surface area contributed by atoms with Crippen molar-refractivity contribution in [2.75, 3.05) is 32.8 Å². The van der Waals surface area contributed by atoms with Crippen molar-refractivity contribution in [2.45, 2.75) is 72.3 Å². The second kappa shape index (κ2) is 13.0. The van der Waals surface area contributed by atoms with E-state index in [0.29, 0.717) is 25.4 Å². The van der Waals surface area contributed by atoms with Crippen molar-refractivity contribution >= 4 is 18.2 Å². The van der Waals surface area contributed by atoms with Crippen LogP contribution in [-0.2, 0) is 30.3 Å². The summed E-state index contributed by atoms with van der Waals surface area (Å²) < 4.78 is 63.3. The fourth-order valence-corrected chi connectivity index (χ4v) is 3.43. The number of benzene rings is 1. The molecule has 1 aromatic rings. The van der Waals surface area contributed by atoms with Crippen molar-refractivity contribution in [2.24, 2.45) is 0 Å². The molecular formula is C25H35F3N2O8. The minimum absolute atomic E-state index is 0.112. The molecule has 1 aromatic carbocycles. The molecule has 0 N–H and O–H groups in total. The predicted octanol–water partition coefficient (Wildman–Crippen LogP) is 4.42. The molecule has 0 bridgehead atoms. The largest absolute Gasteiger partial charge is 0.511 e. The Bertz CT molecular complexity index is 978.